The van der Waals surface area contributed by atoms with E-state index in [1.807, 2.05) is 0 Å². The molecule has 4 atom stereocenters. The number of hydrogen-bond donors (Lipinski definition) is 2. The molecule has 1 aliphatic rings. The normalized spacial score (nSPS) is 22.0. The molecule has 0 saturated heterocycles. The Kier molecular flexibility index (Phi) is 13.7. The SMILES string of the molecule is CCCCCCCC(=O)C(N)C1CCCC(C(N)C(=O)CCCCCCC)C1. The van der Waals surface area contributed by atoms with Gasteiger partial charge in [-0.2, -0.15) is 0 Å². The van der Waals surface area contributed by atoms with E-state index in [1.54, 1.807) is 0 Å². The van der Waals surface area contributed by atoms with Gasteiger partial charge in [0.05, 0.1) is 12.1 Å². The molecule has 1 saturated carbocycles. The van der Waals surface area contributed by atoms with Crippen molar-refractivity contribution in [3.05, 3.63) is 0 Å². The van der Waals surface area contributed by atoms with E-state index in [4.69, 9.17) is 11.5 Å². The summed E-state index contributed by atoms with van der Waals surface area (Å²) in [6, 6.07) is -0.740. The molecule has 0 aromatic rings. The Balaban J connectivity index is 2.36. The van der Waals surface area contributed by atoms with Crippen molar-refractivity contribution in [1.82, 2.24) is 0 Å². The summed E-state index contributed by atoms with van der Waals surface area (Å²) in [5, 5.41) is 0. The number of Topliss-reactive ketones (excluding diaryl/α,β-unsaturated/α-hetero) is 2. The molecule has 0 bridgehead atoms. The highest BCUT2D eigenvalue weighted by Crippen LogP contribution is 2.33. The van der Waals surface area contributed by atoms with Gasteiger partial charge in [-0.1, -0.05) is 71.6 Å². The Morgan fingerprint density at radius 3 is 1.50 bits per heavy atom. The largest absolute Gasteiger partial charge is 0.321 e. The van der Waals surface area contributed by atoms with Crippen molar-refractivity contribution in [1.29, 1.82) is 0 Å². The lowest BCUT2D eigenvalue weighted by molar-refractivity contribution is -0.122. The van der Waals surface area contributed by atoms with Crippen LogP contribution in [0.25, 0.3) is 0 Å². The number of carbonyl (C=O) groups excluding carboxylic acids is 2. The second-order valence-corrected chi connectivity index (χ2v) is 9.00. The molecule has 0 aliphatic heterocycles. The highest BCUT2D eigenvalue weighted by atomic mass is 16.1. The van der Waals surface area contributed by atoms with E-state index in [0.717, 1.165) is 51.4 Å². The van der Waals surface area contributed by atoms with Crippen LogP contribution in [0.1, 0.15) is 117 Å². The van der Waals surface area contributed by atoms with Gasteiger partial charge in [0, 0.05) is 12.8 Å². The summed E-state index contributed by atoms with van der Waals surface area (Å²) >= 11 is 0. The van der Waals surface area contributed by atoms with Crippen molar-refractivity contribution in [2.75, 3.05) is 0 Å². The van der Waals surface area contributed by atoms with Crippen LogP contribution >= 0.6 is 0 Å². The van der Waals surface area contributed by atoms with E-state index in [0.29, 0.717) is 12.8 Å². The number of hydrogen-bond acceptors (Lipinski definition) is 4. The Hall–Kier alpha value is -0.740. The minimum atomic E-state index is -0.370. The van der Waals surface area contributed by atoms with E-state index in [2.05, 4.69) is 13.8 Å². The smallest absolute Gasteiger partial charge is 0.149 e. The molecule has 4 N–H and O–H groups in total. The third-order valence-electron chi connectivity index (χ3n) is 6.57. The fourth-order valence-corrected chi connectivity index (χ4v) is 4.58. The van der Waals surface area contributed by atoms with Gasteiger partial charge in [0.15, 0.2) is 0 Å². The summed E-state index contributed by atoms with van der Waals surface area (Å²) in [7, 11) is 0. The van der Waals surface area contributed by atoms with Gasteiger partial charge >= 0.3 is 0 Å². The highest BCUT2D eigenvalue weighted by molar-refractivity contribution is 5.85. The number of nitrogens with two attached hydrogens (primary N) is 2. The van der Waals surface area contributed by atoms with Crippen molar-refractivity contribution < 1.29 is 9.59 Å². The molecule has 0 radical (unpaired) electrons. The lowest BCUT2D eigenvalue weighted by atomic mass is 9.73. The summed E-state index contributed by atoms with van der Waals surface area (Å²) in [4.78, 5) is 25.0. The van der Waals surface area contributed by atoms with Gasteiger partial charge in [-0.05, 0) is 43.9 Å². The third kappa shape index (κ3) is 9.65. The van der Waals surface area contributed by atoms with Gasteiger partial charge in [-0.15, -0.1) is 0 Å². The molecule has 4 unspecified atom stereocenters. The topological polar surface area (TPSA) is 86.2 Å². The van der Waals surface area contributed by atoms with Crippen molar-refractivity contribution >= 4 is 11.6 Å². The van der Waals surface area contributed by atoms with Crippen LogP contribution in [0.5, 0.6) is 0 Å². The summed E-state index contributed by atoms with van der Waals surface area (Å²) in [6.07, 6.45) is 16.6. The number of unbranched alkanes of at least 4 members (excludes halogenated alkanes) is 8. The maximum absolute atomic E-state index is 12.5. The molecule has 0 spiro atoms. The van der Waals surface area contributed by atoms with Crippen LogP contribution in [0, 0.1) is 11.8 Å². The molecule has 1 aliphatic carbocycles. The standard InChI is InChI=1S/C24H46N2O2/c1-3-5-7-9-11-16-21(27)23(25)19-14-13-15-20(18-19)24(26)22(28)17-12-10-8-6-4-2/h19-20,23-24H,3-18,25-26H2,1-2H3. The van der Waals surface area contributed by atoms with Crippen LogP contribution < -0.4 is 11.5 Å². The average molecular weight is 395 g/mol. The minimum Gasteiger partial charge on any atom is -0.321 e. The molecule has 164 valence electrons. The summed E-state index contributed by atoms with van der Waals surface area (Å²) in [5.41, 5.74) is 12.6. The van der Waals surface area contributed by atoms with E-state index >= 15 is 0 Å². The van der Waals surface area contributed by atoms with Gasteiger partial charge in [0.25, 0.3) is 0 Å². The van der Waals surface area contributed by atoms with E-state index in [1.165, 1.54) is 38.5 Å². The van der Waals surface area contributed by atoms with E-state index in [9.17, 15) is 9.59 Å². The molecular formula is C24H46N2O2. The Labute approximate surface area is 173 Å². The average Bonchev–Trinajstić information content (AvgIpc) is 2.72. The fourth-order valence-electron chi connectivity index (χ4n) is 4.58. The van der Waals surface area contributed by atoms with Crippen molar-refractivity contribution in [2.45, 2.75) is 129 Å². The van der Waals surface area contributed by atoms with Crippen LogP contribution in [0.4, 0.5) is 0 Å². The number of ketones is 2. The molecule has 0 heterocycles. The summed E-state index contributed by atoms with van der Waals surface area (Å²) in [5.74, 6) is 0.812. The number of rotatable bonds is 16. The lowest BCUT2D eigenvalue weighted by Crippen LogP contribution is -2.45. The zero-order valence-electron chi connectivity index (χ0n) is 18.6. The summed E-state index contributed by atoms with van der Waals surface area (Å²) < 4.78 is 0. The van der Waals surface area contributed by atoms with Crippen LogP contribution in [-0.4, -0.2) is 23.7 Å². The van der Waals surface area contributed by atoms with Crippen LogP contribution in [-0.2, 0) is 9.59 Å². The molecule has 28 heavy (non-hydrogen) atoms. The van der Waals surface area contributed by atoms with Crippen LogP contribution in [0.15, 0.2) is 0 Å². The quantitative estimate of drug-likeness (QED) is 0.347. The van der Waals surface area contributed by atoms with E-state index < -0.39 is 0 Å². The van der Waals surface area contributed by atoms with E-state index in [-0.39, 0.29) is 35.5 Å². The van der Waals surface area contributed by atoms with Gasteiger partial charge < -0.3 is 11.5 Å². The zero-order valence-corrected chi connectivity index (χ0v) is 18.6. The summed E-state index contributed by atoms with van der Waals surface area (Å²) in [6.45, 7) is 4.39. The second kappa shape index (κ2) is 15.1. The minimum absolute atomic E-state index is 0.199. The first kappa shape index (κ1) is 25.3. The Morgan fingerprint density at radius 1 is 0.714 bits per heavy atom. The van der Waals surface area contributed by atoms with Crippen molar-refractivity contribution in [3.63, 3.8) is 0 Å². The monoisotopic (exact) mass is 394 g/mol. The maximum Gasteiger partial charge on any atom is 0.149 e. The lowest BCUT2D eigenvalue weighted by Gasteiger charge is -2.34. The highest BCUT2D eigenvalue weighted by Gasteiger charge is 2.34. The zero-order chi connectivity index (χ0) is 20.8. The molecule has 0 amide bonds. The van der Waals surface area contributed by atoms with Crippen molar-refractivity contribution in [3.8, 4) is 0 Å². The van der Waals surface area contributed by atoms with Gasteiger partial charge in [0.1, 0.15) is 11.6 Å². The van der Waals surface area contributed by atoms with Gasteiger partial charge in [0.2, 0.25) is 0 Å². The Morgan fingerprint density at radius 2 is 1.11 bits per heavy atom. The third-order valence-corrected chi connectivity index (χ3v) is 6.57. The first-order valence-electron chi connectivity index (χ1n) is 12.1. The molecule has 1 rings (SSSR count). The molecule has 0 aromatic carbocycles. The predicted molar refractivity (Wildman–Crippen MR) is 118 cm³/mol. The number of carbonyl (C=O) groups is 2. The van der Waals surface area contributed by atoms with Crippen molar-refractivity contribution in [2.24, 2.45) is 23.3 Å². The molecule has 1 fully saturated rings. The maximum atomic E-state index is 12.5. The predicted octanol–water partition coefficient (Wildman–Crippen LogP) is 5.31. The first-order valence-corrected chi connectivity index (χ1v) is 12.1. The second-order valence-electron chi connectivity index (χ2n) is 9.00. The van der Waals surface area contributed by atoms with Gasteiger partial charge in [-0.3, -0.25) is 9.59 Å². The Bertz CT molecular complexity index is 400. The molecular weight excluding hydrogens is 348 g/mol. The first-order chi connectivity index (χ1) is 13.5. The molecule has 0 aromatic heterocycles. The van der Waals surface area contributed by atoms with Gasteiger partial charge in [-0.25, -0.2) is 0 Å². The fraction of sp³-hybridized carbons (Fsp3) is 0.917. The molecule has 4 heteroatoms. The van der Waals surface area contributed by atoms with Crippen LogP contribution in [0.2, 0.25) is 0 Å². The molecule has 4 nitrogen and oxygen atoms in total. The van der Waals surface area contributed by atoms with Crippen LogP contribution in [0.3, 0.4) is 0 Å².